The molecule has 1 aromatic rings. The van der Waals surface area contributed by atoms with Crippen LogP contribution in [0, 0.1) is 6.07 Å². The van der Waals surface area contributed by atoms with Gasteiger partial charge in [-0.25, -0.2) is 0 Å². The van der Waals surface area contributed by atoms with Gasteiger partial charge in [0, 0.05) is 4.90 Å². The zero-order chi connectivity index (χ0) is 7.40. The van der Waals surface area contributed by atoms with Gasteiger partial charge in [-0.3, -0.25) is 0 Å². The van der Waals surface area contributed by atoms with Gasteiger partial charge in [0.2, 0.25) is 0 Å². The molecule has 0 bridgehead atoms. The molecule has 0 fully saturated rings. The lowest BCUT2D eigenvalue weighted by Gasteiger charge is -1.97. The molecule has 10 heavy (non-hydrogen) atoms. The number of benzene rings is 1. The topological polar surface area (TPSA) is 0 Å². The van der Waals surface area contributed by atoms with Gasteiger partial charge in [0.05, 0.1) is 0 Å². The molecular formula is C9H11S. The van der Waals surface area contributed by atoms with E-state index in [-0.39, 0.29) is 0 Å². The molecule has 1 rings (SSSR count). The van der Waals surface area contributed by atoms with Crippen LogP contribution in [0.25, 0.3) is 0 Å². The third-order valence-electron chi connectivity index (χ3n) is 1.45. The summed E-state index contributed by atoms with van der Waals surface area (Å²) in [5.74, 6) is 0. The maximum absolute atomic E-state index is 3.18. The molecule has 53 valence electrons. The van der Waals surface area contributed by atoms with Crippen LogP contribution < -0.4 is 0 Å². The van der Waals surface area contributed by atoms with Gasteiger partial charge < -0.3 is 0 Å². The van der Waals surface area contributed by atoms with E-state index >= 15 is 0 Å². The minimum absolute atomic E-state index is 1.08. The van der Waals surface area contributed by atoms with Crippen molar-refractivity contribution in [3.8, 4) is 0 Å². The summed E-state index contributed by atoms with van der Waals surface area (Å²) in [6, 6.07) is 9.44. The van der Waals surface area contributed by atoms with Crippen molar-refractivity contribution < 1.29 is 0 Å². The molecule has 0 heterocycles. The van der Waals surface area contributed by atoms with E-state index in [1.165, 1.54) is 10.5 Å². The maximum Gasteiger partial charge on any atom is 0.00722 e. The smallest absolute Gasteiger partial charge is 0.00722 e. The number of thioether (sulfide) groups is 1. The zero-order valence-corrected chi connectivity index (χ0v) is 7.16. The van der Waals surface area contributed by atoms with Gasteiger partial charge in [0.1, 0.15) is 0 Å². The van der Waals surface area contributed by atoms with E-state index in [0.717, 1.165) is 6.42 Å². The molecule has 0 saturated carbocycles. The highest BCUT2D eigenvalue weighted by atomic mass is 32.2. The Balaban J connectivity index is 2.87. The third kappa shape index (κ3) is 1.77. The highest BCUT2D eigenvalue weighted by Crippen LogP contribution is 2.15. The monoisotopic (exact) mass is 151 g/mol. The average Bonchev–Trinajstić information content (AvgIpc) is 2.05. The van der Waals surface area contributed by atoms with Crippen LogP contribution in [-0.4, -0.2) is 6.26 Å². The van der Waals surface area contributed by atoms with Crippen LogP contribution in [-0.2, 0) is 6.42 Å². The Hall–Kier alpha value is -0.430. The lowest BCUT2D eigenvalue weighted by Crippen LogP contribution is -1.79. The normalized spacial score (nSPS) is 9.80. The highest BCUT2D eigenvalue weighted by molar-refractivity contribution is 7.98. The summed E-state index contributed by atoms with van der Waals surface area (Å²) in [6.45, 7) is 2.15. The Labute approximate surface area is 66.6 Å². The fraction of sp³-hybridized carbons (Fsp3) is 0.333. The maximum atomic E-state index is 3.18. The summed E-state index contributed by atoms with van der Waals surface area (Å²) in [5.41, 5.74) is 1.30. The van der Waals surface area contributed by atoms with Gasteiger partial charge in [-0.05, 0) is 36.4 Å². The highest BCUT2D eigenvalue weighted by Gasteiger charge is 1.90. The van der Waals surface area contributed by atoms with Gasteiger partial charge in [0.25, 0.3) is 0 Å². The second kappa shape index (κ2) is 3.67. The van der Waals surface area contributed by atoms with Gasteiger partial charge in [-0.2, -0.15) is 0 Å². The third-order valence-corrected chi connectivity index (χ3v) is 2.17. The molecule has 1 heteroatoms. The van der Waals surface area contributed by atoms with Crippen LogP contribution in [0.3, 0.4) is 0 Å². The second-order valence-electron chi connectivity index (χ2n) is 2.11. The first-order valence-corrected chi connectivity index (χ1v) is 4.64. The number of aryl methyl sites for hydroxylation is 1. The average molecular weight is 151 g/mol. The molecule has 0 nitrogen and oxygen atoms in total. The van der Waals surface area contributed by atoms with Crippen LogP contribution in [0.1, 0.15) is 12.5 Å². The zero-order valence-electron chi connectivity index (χ0n) is 6.35. The SMILES string of the molecule is CCc1[c]ccc(SC)c1. The van der Waals surface area contributed by atoms with E-state index in [9.17, 15) is 0 Å². The number of hydrogen-bond donors (Lipinski definition) is 0. The van der Waals surface area contributed by atoms with Crippen LogP contribution in [0.5, 0.6) is 0 Å². The molecule has 0 atom stereocenters. The molecule has 0 aliphatic heterocycles. The Bertz CT molecular complexity index is 186. The molecule has 0 N–H and O–H groups in total. The van der Waals surface area contributed by atoms with E-state index in [4.69, 9.17) is 0 Å². The van der Waals surface area contributed by atoms with E-state index in [1.807, 2.05) is 6.07 Å². The number of hydrogen-bond acceptors (Lipinski definition) is 1. The lowest BCUT2D eigenvalue weighted by atomic mass is 10.2. The predicted octanol–water partition coefficient (Wildman–Crippen LogP) is 2.77. The van der Waals surface area contributed by atoms with Gasteiger partial charge in [-0.15, -0.1) is 11.8 Å². The standard InChI is InChI=1S/C9H11S/c1-3-8-5-4-6-9(7-8)10-2/h4,6-7H,3H2,1-2H3. The Morgan fingerprint density at radius 1 is 1.60 bits per heavy atom. The molecular weight excluding hydrogens is 140 g/mol. The van der Waals surface area contributed by atoms with Crippen molar-refractivity contribution in [2.24, 2.45) is 0 Å². The van der Waals surface area contributed by atoms with Gasteiger partial charge >= 0.3 is 0 Å². The second-order valence-corrected chi connectivity index (χ2v) is 2.99. The molecule has 0 unspecified atom stereocenters. The Morgan fingerprint density at radius 3 is 3.00 bits per heavy atom. The fourth-order valence-electron chi connectivity index (χ4n) is 0.823. The van der Waals surface area contributed by atoms with Crippen molar-refractivity contribution in [1.29, 1.82) is 0 Å². The largest absolute Gasteiger partial charge is 0.130 e. The molecule has 0 amide bonds. The first-order chi connectivity index (χ1) is 4.86. The van der Waals surface area contributed by atoms with Crippen molar-refractivity contribution in [2.75, 3.05) is 6.26 Å². The molecule has 1 aromatic carbocycles. The van der Waals surface area contributed by atoms with Crippen molar-refractivity contribution in [2.45, 2.75) is 18.2 Å². The first kappa shape index (κ1) is 7.67. The molecule has 0 aliphatic rings. The summed E-state index contributed by atoms with van der Waals surface area (Å²) < 4.78 is 0. The quantitative estimate of drug-likeness (QED) is 0.586. The van der Waals surface area contributed by atoms with Crippen molar-refractivity contribution in [1.82, 2.24) is 0 Å². The van der Waals surface area contributed by atoms with Gasteiger partial charge in [-0.1, -0.05) is 13.0 Å². The van der Waals surface area contributed by atoms with E-state index in [1.54, 1.807) is 11.8 Å². The van der Waals surface area contributed by atoms with Gasteiger partial charge in [0.15, 0.2) is 0 Å². The van der Waals surface area contributed by atoms with E-state index in [2.05, 4.69) is 31.4 Å². The predicted molar refractivity (Wildman–Crippen MR) is 46.4 cm³/mol. The summed E-state index contributed by atoms with van der Waals surface area (Å²) in [4.78, 5) is 1.33. The van der Waals surface area contributed by atoms with Crippen LogP contribution in [0.4, 0.5) is 0 Å². The minimum atomic E-state index is 1.08. The molecule has 0 saturated heterocycles. The molecule has 0 aromatic heterocycles. The van der Waals surface area contributed by atoms with Crippen LogP contribution in [0.15, 0.2) is 23.1 Å². The number of rotatable bonds is 2. The Morgan fingerprint density at radius 2 is 2.40 bits per heavy atom. The van der Waals surface area contributed by atoms with E-state index in [0.29, 0.717) is 0 Å². The summed E-state index contributed by atoms with van der Waals surface area (Å²) in [7, 11) is 0. The van der Waals surface area contributed by atoms with Crippen molar-refractivity contribution >= 4 is 11.8 Å². The minimum Gasteiger partial charge on any atom is -0.130 e. The first-order valence-electron chi connectivity index (χ1n) is 3.41. The van der Waals surface area contributed by atoms with Crippen molar-refractivity contribution in [3.05, 3.63) is 29.8 Å². The van der Waals surface area contributed by atoms with E-state index < -0.39 is 0 Å². The molecule has 0 aliphatic carbocycles. The Kier molecular flexibility index (Phi) is 2.82. The van der Waals surface area contributed by atoms with Crippen LogP contribution in [0.2, 0.25) is 0 Å². The molecule has 1 radical (unpaired) electrons. The fourth-order valence-corrected chi connectivity index (χ4v) is 1.29. The summed E-state index contributed by atoms with van der Waals surface area (Å²) in [5, 5.41) is 0. The van der Waals surface area contributed by atoms with Crippen molar-refractivity contribution in [3.63, 3.8) is 0 Å². The summed E-state index contributed by atoms with van der Waals surface area (Å²) >= 11 is 1.78. The molecule has 0 spiro atoms. The lowest BCUT2D eigenvalue weighted by molar-refractivity contribution is 1.12. The van der Waals surface area contributed by atoms with Crippen LogP contribution >= 0.6 is 11.8 Å². The summed E-state index contributed by atoms with van der Waals surface area (Å²) in [6.07, 6.45) is 3.17.